The summed E-state index contributed by atoms with van der Waals surface area (Å²) in [6, 6.07) is 18.0. The van der Waals surface area contributed by atoms with Crippen LogP contribution in [0.25, 0.3) is 0 Å². The summed E-state index contributed by atoms with van der Waals surface area (Å²) in [5.41, 5.74) is 8.26. The Kier molecular flexibility index (Phi) is 17.5. The summed E-state index contributed by atoms with van der Waals surface area (Å²) in [5.74, 6) is 0. The van der Waals surface area contributed by atoms with Gasteiger partial charge in [-0.3, -0.25) is 20.0 Å². The molecule has 7 rings (SSSR count). The van der Waals surface area contributed by atoms with Gasteiger partial charge >= 0.3 is 0 Å². The highest BCUT2D eigenvalue weighted by atomic mass is 16.2. The Labute approximate surface area is 321 Å². The largest absolute Gasteiger partial charge is 0.400 e. The van der Waals surface area contributed by atoms with Crippen LogP contribution in [0.15, 0.2) is 68.5 Å². The molecule has 12 heteroatoms. The van der Waals surface area contributed by atoms with Crippen LogP contribution in [0.5, 0.6) is 0 Å². The van der Waals surface area contributed by atoms with E-state index in [1.165, 1.54) is 25.7 Å². The second-order valence-electron chi connectivity index (χ2n) is 14.5. The third kappa shape index (κ3) is 10.9. The van der Waals surface area contributed by atoms with E-state index in [0.29, 0.717) is 0 Å². The number of aliphatic hydroxyl groups excluding tert-OH is 4. The molecule has 4 aromatic rings. The summed E-state index contributed by atoms with van der Waals surface area (Å²) < 4.78 is 0. The quantitative estimate of drug-likeness (QED) is 0.108. The van der Waals surface area contributed by atoms with Crippen LogP contribution in [0, 0.1) is 0 Å². The molecule has 3 aliphatic rings. The van der Waals surface area contributed by atoms with Crippen molar-refractivity contribution in [3.8, 4) is 0 Å². The number of aromatic nitrogens is 4. The average Bonchev–Trinajstić information content (AvgIpc) is 4.06. The lowest BCUT2D eigenvalue weighted by Gasteiger charge is -2.25. The van der Waals surface area contributed by atoms with Gasteiger partial charge in [0.05, 0.1) is 46.9 Å². The molecule has 5 heterocycles. The Morgan fingerprint density at radius 3 is 0.796 bits per heavy atom. The van der Waals surface area contributed by atoms with Crippen molar-refractivity contribution in [2.24, 2.45) is 20.0 Å². The highest BCUT2D eigenvalue weighted by Crippen LogP contribution is 2.32. The van der Waals surface area contributed by atoms with E-state index >= 15 is 0 Å². The molecule has 2 fully saturated rings. The van der Waals surface area contributed by atoms with Gasteiger partial charge in [0.25, 0.3) is 0 Å². The van der Waals surface area contributed by atoms with Crippen molar-refractivity contribution in [3.05, 3.63) is 94.1 Å². The molecule has 0 spiro atoms. The normalized spacial score (nSPS) is 22.6. The maximum Gasteiger partial charge on any atom is 0.0723 e. The first-order chi connectivity index (χ1) is 26.3. The molecule has 296 valence electrons. The van der Waals surface area contributed by atoms with Crippen molar-refractivity contribution in [3.63, 3.8) is 0 Å². The Hall–Kier alpha value is -4.36. The van der Waals surface area contributed by atoms with Crippen molar-refractivity contribution >= 4 is 24.9 Å². The van der Waals surface area contributed by atoms with E-state index in [4.69, 9.17) is 40.4 Å². The van der Waals surface area contributed by atoms with Crippen molar-refractivity contribution in [2.75, 3.05) is 28.4 Å². The lowest BCUT2D eigenvalue weighted by atomic mass is 9.86. The molecule has 4 atom stereocenters. The van der Waals surface area contributed by atoms with E-state index in [1.54, 1.807) is 0 Å². The van der Waals surface area contributed by atoms with Crippen molar-refractivity contribution in [1.29, 1.82) is 0 Å². The zero-order chi connectivity index (χ0) is 39.7. The van der Waals surface area contributed by atoms with Crippen molar-refractivity contribution in [2.45, 2.75) is 114 Å². The van der Waals surface area contributed by atoms with Gasteiger partial charge in [0.1, 0.15) is 0 Å². The topological polar surface area (TPSA) is 194 Å². The van der Waals surface area contributed by atoms with Gasteiger partial charge in [-0.2, -0.15) is 0 Å². The fourth-order valence-electron chi connectivity index (χ4n) is 7.28. The molecule has 54 heavy (non-hydrogen) atoms. The Bertz CT molecular complexity index is 1520. The van der Waals surface area contributed by atoms with E-state index in [-0.39, 0.29) is 35.0 Å². The summed E-state index contributed by atoms with van der Waals surface area (Å²) in [5, 5.41) is 28.0. The predicted molar refractivity (Wildman–Crippen MR) is 222 cm³/mol. The first kappa shape index (κ1) is 44.0. The van der Waals surface area contributed by atoms with Gasteiger partial charge < -0.3 is 40.4 Å². The summed E-state index contributed by atoms with van der Waals surface area (Å²) in [6.45, 7) is 8.99. The Morgan fingerprint density at radius 2 is 0.593 bits per heavy atom. The van der Waals surface area contributed by atoms with Gasteiger partial charge in [0.15, 0.2) is 0 Å². The van der Waals surface area contributed by atoms with Crippen LogP contribution in [0.3, 0.4) is 0 Å². The van der Waals surface area contributed by atoms with Crippen LogP contribution < -0.4 is 0 Å². The van der Waals surface area contributed by atoms with Gasteiger partial charge in [-0.15, -0.1) is 0 Å². The van der Waals surface area contributed by atoms with Crippen LogP contribution >= 0.6 is 0 Å². The number of nitrogens with zero attached hydrogens (tertiary/aromatic N) is 4. The first-order valence-electron chi connectivity index (χ1n) is 19.0. The summed E-state index contributed by atoms with van der Waals surface area (Å²) in [4.78, 5) is 34.8. The maximum absolute atomic E-state index is 7.00. The highest BCUT2D eigenvalue weighted by Gasteiger charge is 2.29. The van der Waals surface area contributed by atoms with Gasteiger partial charge in [-0.1, -0.05) is 25.7 Å². The fourth-order valence-corrected chi connectivity index (χ4v) is 7.28. The average molecular weight is 745 g/mol. The predicted octanol–water partition coefficient (Wildman–Crippen LogP) is 6.10. The van der Waals surface area contributed by atoms with Crippen LogP contribution in [-0.4, -0.2) is 118 Å². The number of hydrogen-bond acceptors (Lipinski definition) is 8. The number of fused-ring (bicyclic) bond motifs is 10. The molecule has 0 amide bonds. The summed E-state index contributed by atoms with van der Waals surface area (Å²) in [6.07, 6.45) is 17.1. The third-order valence-corrected chi connectivity index (χ3v) is 10.5. The van der Waals surface area contributed by atoms with Crippen molar-refractivity contribution in [1.82, 2.24) is 19.9 Å². The lowest BCUT2D eigenvalue weighted by molar-refractivity contribution is 0.390. The van der Waals surface area contributed by atoms with Crippen LogP contribution in [0.2, 0.25) is 0 Å². The van der Waals surface area contributed by atoms with E-state index in [9.17, 15) is 0 Å². The molecule has 0 radical (unpaired) electrons. The molecule has 8 N–H and O–H groups in total. The second kappa shape index (κ2) is 21.5. The van der Waals surface area contributed by atoms with E-state index in [0.717, 1.165) is 99.7 Å². The maximum atomic E-state index is 7.00. The first-order valence-corrected chi connectivity index (χ1v) is 19.0. The lowest BCUT2D eigenvalue weighted by Crippen LogP contribution is -2.27. The minimum Gasteiger partial charge on any atom is -0.400 e. The molecule has 4 aromatic heterocycles. The molecule has 0 unspecified atom stereocenters. The Balaban J connectivity index is 0.000000921. The van der Waals surface area contributed by atoms with Crippen LogP contribution in [0.1, 0.15) is 125 Å². The number of aromatic amines is 4. The SMILES string of the molecule is CC1(C)c2ccc([nH]2)C=N[C@@H]2CCCC[C@H]2N=Cc2ccc([nH]2)C(C)(C)c2ccc([nH]2)C=N[C@@H]2CCCC[C@H]2N=Cc2ccc1[nH]2.CO.CO.CO.CO. The summed E-state index contributed by atoms with van der Waals surface area (Å²) in [7, 11) is 4.00. The van der Waals surface area contributed by atoms with Gasteiger partial charge in [0, 0.05) is 86.9 Å². The molecule has 12 nitrogen and oxygen atoms in total. The number of H-pyrrole nitrogens is 4. The van der Waals surface area contributed by atoms with Gasteiger partial charge in [-0.05, 0) is 102 Å². The number of aliphatic imine (C=N–C) groups is 4. The molecule has 0 saturated heterocycles. The number of hydrogen-bond donors (Lipinski definition) is 8. The molecule has 0 aromatic carbocycles. The number of rotatable bonds is 0. The molecule has 2 saturated carbocycles. The van der Waals surface area contributed by atoms with Gasteiger partial charge in [-0.25, -0.2) is 0 Å². The number of nitrogens with one attached hydrogen (secondary N) is 4. The smallest absolute Gasteiger partial charge is 0.0723 e. The summed E-state index contributed by atoms with van der Waals surface area (Å²) >= 11 is 0. The standard InChI is InChI=1S/C38H48N8.4CH4O/c1-37(2)33-17-13-25(43-33)21-39-29-9-5-7-11-31(29)41-23-27-15-19-35(45-27)38(3,4)36-20-16-28(46-36)24-42-32-12-8-6-10-30(32)40-22-26-14-18-34(37)44-26;4*1-2/h13-24,29-32,43-46H,5-12H2,1-4H3;4*2H,1H3/t29-,30-,31-,32-;;;;/m1..../s1. The van der Waals surface area contributed by atoms with E-state index in [1.807, 2.05) is 24.9 Å². The minimum absolute atomic E-state index is 0.183. The fraction of sp³-hybridized carbons (Fsp3) is 0.524. The molecule has 8 bridgehead atoms. The van der Waals surface area contributed by atoms with E-state index in [2.05, 4.69) is 96.2 Å². The minimum atomic E-state index is -0.225. The van der Waals surface area contributed by atoms with E-state index < -0.39 is 0 Å². The zero-order valence-electron chi connectivity index (χ0n) is 33.5. The highest BCUT2D eigenvalue weighted by molar-refractivity contribution is 5.80. The second-order valence-corrected chi connectivity index (χ2v) is 14.5. The monoisotopic (exact) mass is 745 g/mol. The molecular formula is C42H64N8O4. The van der Waals surface area contributed by atoms with Gasteiger partial charge in [0.2, 0.25) is 0 Å². The third-order valence-electron chi connectivity index (χ3n) is 10.5. The molecule has 1 aliphatic heterocycles. The van der Waals surface area contributed by atoms with Crippen LogP contribution in [0.4, 0.5) is 0 Å². The number of aliphatic hydroxyl groups is 4. The van der Waals surface area contributed by atoms with Crippen molar-refractivity contribution < 1.29 is 20.4 Å². The zero-order valence-corrected chi connectivity index (χ0v) is 33.5. The Morgan fingerprint density at radius 1 is 0.389 bits per heavy atom. The molecule has 2 aliphatic carbocycles. The molecular weight excluding hydrogens is 681 g/mol. The van der Waals surface area contributed by atoms with Crippen LogP contribution in [-0.2, 0) is 10.8 Å².